The quantitative estimate of drug-likeness (QED) is 0.788. The molecular weight excluding hydrogens is 222 g/mol. The number of oxazole rings is 1. The highest BCUT2D eigenvalue weighted by Gasteiger charge is 2.29. The van der Waals surface area contributed by atoms with Crippen molar-refractivity contribution in [3.05, 3.63) is 41.8 Å². The van der Waals surface area contributed by atoms with Crippen LogP contribution in [0.2, 0.25) is 0 Å². The van der Waals surface area contributed by atoms with Crippen molar-refractivity contribution in [2.75, 3.05) is 0 Å². The summed E-state index contributed by atoms with van der Waals surface area (Å²) in [5, 5.41) is 0. The molecule has 18 heavy (non-hydrogen) atoms. The lowest BCUT2D eigenvalue weighted by Crippen LogP contribution is -2.23. The van der Waals surface area contributed by atoms with Crippen LogP contribution >= 0.6 is 0 Å². The summed E-state index contributed by atoms with van der Waals surface area (Å²) in [4.78, 5) is 4.40. The van der Waals surface area contributed by atoms with Crippen LogP contribution in [-0.4, -0.2) is 4.98 Å². The van der Waals surface area contributed by atoms with Gasteiger partial charge >= 0.3 is 0 Å². The zero-order valence-corrected chi connectivity index (χ0v) is 11.8. The number of nitrogens with zero attached hydrogens (tertiary/aromatic N) is 1. The molecule has 0 bridgehead atoms. The molecule has 0 aliphatic rings. The molecule has 0 radical (unpaired) electrons. The maximum absolute atomic E-state index is 5.92. The Morgan fingerprint density at radius 1 is 1.11 bits per heavy atom. The number of rotatable bonds is 3. The molecule has 1 aromatic carbocycles. The zero-order chi connectivity index (χ0) is 13.3. The summed E-state index contributed by atoms with van der Waals surface area (Å²) in [5.41, 5.74) is 2.29. The van der Waals surface area contributed by atoms with E-state index in [9.17, 15) is 0 Å². The second-order valence-electron chi connectivity index (χ2n) is 5.77. The van der Waals surface area contributed by atoms with E-state index in [1.54, 1.807) is 0 Å². The molecule has 2 rings (SSSR count). The van der Waals surface area contributed by atoms with Crippen LogP contribution in [0, 0.1) is 12.8 Å². The Kier molecular flexibility index (Phi) is 3.29. The third-order valence-electron chi connectivity index (χ3n) is 3.88. The van der Waals surface area contributed by atoms with Gasteiger partial charge < -0.3 is 4.42 Å². The van der Waals surface area contributed by atoms with Gasteiger partial charge in [-0.25, -0.2) is 4.98 Å². The average molecular weight is 243 g/mol. The predicted molar refractivity (Wildman–Crippen MR) is 74.5 cm³/mol. The van der Waals surface area contributed by atoms with Crippen molar-refractivity contribution < 1.29 is 4.42 Å². The van der Waals surface area contributed by atoms with Crippen molar-refractivity contribution in [2.24, 2.45) is 5.92 Å². The third kappa shape index (κ3) is 2.33. The molecular formula is C16H21NO. The van der Waals surface area contributed by atoms with E-state index in [0.29, 0.717) is 11.8 Å². The van der Waals surface area contributed by atoms with Gasteiger partial charge in [0.25, 0.3) is 0 Å². The zero-order valence-electron chi connectivity index (χ0n) is 11.8. The summed E-state index contributed by atoms with van der Waals surface area (Å²) in [5.74, 6) is 2.17. The highest BCUT2D eigenvalue weighted by atomic mass is 16.4. The van der Waals surface area contributed by atoms with Gasteiger partial charge in [0.2, 0.25) is 5.89 Å². The Morgan fingerprint density at radius 3 is 2.28 bits per heavy atom. The first-order valence-electron chi connectivity index (χ1n) is 6.44. The molecule has 0 aliphatic heterocycles. The maximum Gasteiger partial charge on any atom is 0.226 e. The van der Waals surface area contributed by atoms with Crippen LogP contribution in [0.25, 0.3) is 11.5 Å². The number of hydrogen-bond acceptors (Lipinski definition) is 2. The fourth-order valence-corrected chi connectivity index (χ4v) is 1.69. The first kappa shape index (κ1) is 12.9. The van der Waals surface area contributed by atoms with Gasteiger partial charge in [-0.2, -0.15) is 0 Å². The number of benzene rings is 1. The summed E-state index contributed by atoms with van der Waals surface area (Å²) in [7, 11) is 0. The van der Waals surface area contributed by atoms with Gasteiger partial charge in [0, 0.05) is 11.0 Å². The van der Waals surface area contributed by atoms with Crippen molar-refractivity contribution in [2.45, 2.75) is 40.0 Å². The molecule has 0 amide bonds. The highest BCUT2D eigenvalue weighted by molar-refractivity contribution is 5.53. The molecule has 1 heterocycles. The van der Waals surface area contributed by atoms with E-state index in [1.165, 1.54) is 5.56 Å². The van der Waals surface area contributed by atoms with Gasteiger partial charge in [-0.05, 0) is 25.0 Å². The molecule has 0 unspecified atom stereocenters. The van der Waals surface area contributed by atoms with Crippen LogP contribution in [-0.2, 0) is 5.41 Å². The number of aryl methyl sites for hydroxylation is 1. The minimum Gasteiger partial charge on any atom is -0.441 e. The fraction of sp³-hybridized carbons (Fsp3) is 0.438. The van der Waals surface area contributed by atoms with E-state index < -0.39 is 0 Å². The molecule has 0 atom stereocenters. The average Bonchev–Trinajstić information content (AvgIpc) is 2.79. The molecule has 0 saturated heterocycles. The molecule has 0 spiro atoms. The fourth-order valence-electron chi connectivity index (χ4n) is 1.69. The SMILES string of the molecule is Cc1ccc(-c2ncc(C(C)(C)C(C)C)o2)cc1. The lowest BCUT2D eigenvalue weighted by atomic mass is 9.79. The summed E-state index contributed by atoms with van der Waals surface area (Å²) in [6.07, 6.45) is 1.86. The Hall–Kier alpha value is -1.57. The lowest BCUT2D eigenvalue weighted by Gasteiger charge is -2.25. The Morgan fingerprint density at radius 2 is 1.72 bits per heavy atom. The molecule has 0 N–H and O–H groups in total. The second-order valence-corrected chi connectivity index (χ2v) is 5.77. The van der Waals surface area contributed by atoms with Gasteiger partial charge in [-0.3, -0.25) is 0 Å². The Balaban J connectivity index is 2.34. The van der Waals surface area contributed by atoms with Gasteiger partial charge in [0.1, 0.15) is 5.76 Å². The third-order valence-corrected chi connectivity index (χ3v) is 3.88. The topological polar surface area (TPSA) is 26.0 Å². The highest BCUT2D eigenvalue weighted by Crippen LogP contribution is 2.33. The maximum atomic E-state index is 5.92. The van der Waals surface area contributed by atoms with E-state index in [-0.39, 0.29) is 5.41 Å². The largest absolute Gasteiger partial charge is 0.441 e. The van der Waals surface area contributed by atoms with Crippen LogP contribution in [0.3, 0.4) is 0 Å². The van der Waals surface area contributed by atoms with Crippen LogP contribution < -0.4 is 0 Å². The second kappa shape index (κ2) is 4.60. The first-order valence-corrected chi connectivity index (χ1v) is 6.44. The number of aromatic nitrogens is 1. The van der Waals surface area contributed by atoms with E-state index >= 15 is 0 Å². The molecule has 96 valence electrons. The monoisotopic (exact) mass is 243 g/mol. The van der Waals surface area contributed by atoms with E-state index in [1.807, 2.05) is 18.3 Å². The van der Waals surface area contributed by atoms with Crippen molar-refractivity contribution in [1.29, 1.82) is 0 Å². The van der Waals surface area contributed by atoms with Gasteiger partial charge in [0.15, 0.2) is 0 Å². The van der Waals surface area contributed by atoms with Crippen molar-refractivity contribution in [3.63, 3.8) is 0 Å². The summed E-state index contributed by atoms with van der Waals surface area (Å²) < 4.78 is 5.92. The normalized spacial score (nSPS) is 12.1. The van der Waals surface area contributed by atoms with Gasteiger partial charge in [-0.1, -0.05) is 45.4 Å². The smallest absolute Gasteiger partial charge is 0.226 e. The summed E-state index contributed by atoms with van der Waals surface area (Å²) >= 11 is 0. The summed E-state index contributed by atoms with van der Waals surface area (Å²) in [6, 6.07) is 8.25. The van der Waals surface area contributed by atoms with Crippen LogP contribution in [0.1, 0.15) is 39.0 Å². The van der Waals surface area contributed by atoms with Crippen molar-refractivity contribution in [1.82, 2.24) is 4.98 Å². The van der Waals surface area contributed by atoms with E-state index in [0.717, 1.165) is 11.3 Å². The standard InChI is InChI=1S/C16H21NO/c1-11(2)16(4,5)14-10-17-15(18-14)13-8-6-12(3)7-9-13/h6-11H,1-5H3. The van der Waals surface area contributed by atoms with Crippen molar-refractivity contribution in [3.8, 4) is 11.5 Å². The molecule has 0 saturated carbocycles. The van der Waals surface area contributed by atoms with Crippen LogP contribution in [0.15, 0.2) is 34.9 Å². The summed E-state index contributed by atoms with van der Waals surface area (Å²) in [6.45, 7) is 10.9. The molecule has 2 heteroatoms. The van der Waals surface area contributed by atoms with Crippen LogP contribution in [0.4, 0.5) is 0 Å². The first-order chi connectivity index (χ1) is 8.41. The molecule has 0 aliphatic carbocycles. The Labute approximate surface area is 109 Å². The molecule has 2 aromatic rings. The molecule has 1 aromatic heterocycles. The van der Waals surface area contributed by atoms with E-state index in [4.69, 9.17) is 4.42 Å². The van der Waals surface area contributed by atoms with Gasteiger partial charge in [-0.15, -0.1) is 0 Å². The number of hydrogen-bond donors (Lipinski definition) is 0. The minimum absolute atomic E-state index is 0.00987. The lowest BCUT2D eigenvalue weighted by molar-refractivity contribution is 0.303. The van der Waals surface area contributed by atoms with Gasteiger partial charge in [0.05, 0.1) is 6.20 Å². The van der Waals surface area contributed by atoms with Crippen molar-refractivity contribution >= 4 is 0 Å². The Bertz CT molecular complexity index is 520. The van der Waals surface area contributed by atoms with Crippen LogP contribution in [0.5, 0.6) is 0 Å². The van der Waals surface area contributed by atoms with E-state index in [2.05, 4.69) is 51.7 Å². The predicted octanol–water partition coefficient (Wildman–Crippen LogP) is 4.58. The molecule has 2 nitrogen and oxygen atoms in total. The minimum atomic E-state index is 0.00987. The molecule has 0 fully saturated rings.